The Morgan fingerprint density at radius 1 is 1.40 bits per heavy atom. The van der Waals surface area contributed by atoms with Gasteiger partial charge in [-0.15, -0.1) is 0 Å². The van der Waals surface area contributed by atoms with Gasteiger partial charge < -0.3 is 10.1 Å². The van der Waals surface area contributed by atoms with Gasteiger partial charge in [-0.3, -0.25) is 14.7 Å². The number of carbonyl (C=O) groups excluding carboxylic acids is 2. The van der Waals surface area contributed by atoms with Crippen LogP contribution in [0.25, 0.3) is 0 Å². The molecule has 2 heterocycles. The zero-order chi connectivity index (χ0) is 17.8. The first-order valence-corrected chi connectivity index (χ1v) is 8.69. The number of nitrogens with one attached hydrogen (secondary N) is 1. The van der Waals surface area contributed by atoms with Crippen molar-refractivity contribution in [1.82, 2.24) is 15.2 Å². The molecule has 1 aromatic carbocycles. The van der Waals surface area contributed by atoms with Gasteiger partial charge in [-0.25, -0.2) is 4.79 Å². The fourth-order valence-electron chi connectivity index (χ4n) is 2.97. The summed E-state index contributed by atoms with van der Waals surface area (Å²) in [5, 5.41) is 2.89. The van der Waals surface area contributed by atoms with E-state index >= 15 is 0 Å². The average Bonchev–Trinajstić information content (AvgIpc) is 2.65. The van der Waals surface area contributed by atoms with Gasteiger partial charge in [0, 0.05) is 30.0 Å². The number of ether oxygens (including phenoxy) is 1. The monoisotopic (exact) mass is 403 g/mol. The zero-order valence-electron chi connectivity index (χ0n) is 13.7. The summed E-state index contributed by atoms with van der Waals surface area (Å²) in [5.41, 5.74) is 2.77. The van der Waals surface area contributed by atoms with Crippen LogP contribution in [0.3, 0.4) is 0 Å². The summed E-state index contributed by atoms with van der Waals surface area (Å²) >= 11 is 3.44. The first-order valence-electron chi connectivity index (χ1n) is 7.89. The molecule has 6 nitrogen and oxygen atoms in total. The molecular formula is C18H18BrN3O3. The van der Waals surface area contributed by atoms with Crippen molar-refractivity contribution in [2.24, 2.45) is 0 Å². The molecule has 7 heteroatoms. The molecule has 1 aliphatic heterocycles. The fourth-order valence-corrected chi connectivity index (χ4v) is 3.35. The molecule has 1 N–H and O–H groups in total. The lowest BCUT2D eigenvalue weighted by Crippen LogP contribution is -2.47. The third-order valence-electron chi connectivity index (χ3n) is 4.18. The van der Waals surface area contributed by atoms with Gasteiger partial charge in [-0.2, -0.15) is 0 Å². The van der Waals surface area contributed by atoms with Crippen molar-refractivity contribution in [3.63, 3.8) is 0 Å². The highest BCUT2D eigenvalue weighted by Crippen LogP contribution is 2.32. The number of hydrogen-bond donors (Lipinski definition) is 1. The molecule has 0 bridgehead atoms. The first-order chi connectivity index (χ1) is 12.1. The highest BCUT2D eigenvalue weighted by Gasteiger charge is 2.36. The number of pyridine rings is 1. The number of rotatable bonds is 3. The lowest BCUT2D eigenvalue weighted by molar-refractivity contribution is -0.126. The summed E-state index contributed by atoms with van der Waals surface area (Å²) in [5.74, 6) is -0.242. The van der Waals surface area contributed by atoms with Crippen LogP contribution in [-0.4, -0.2) is 35.5 Å². The number of hydrogen-bond acceptors (Lipinski definition) is 4. The molecule has 0 spiro atoms. The molecule has 2 amide bonds. The molecule has 0 saturated carbocycles. The minimum absolute atomic E-state index is 0.242. The number of methoxy groups -OCH3 is 1. The molecule has 3 rings (SSSR count). The molecule has 1 aromatic heterocycles. The van der Waals surface area contributed by atoms with Crippen LogP contribution in [0.5, 0.6) is 0 Å². The van der Waals surface area contributed by atoms with E-state index in [1.807, 2.05) is 30.3 Å². The van der Waals surface area contributed by atoms with Gasteiger partial charge in [-0.05, 0) is 41.3 Å². The second-order valence-electron chi connectivity index (χ2n) is 5.74. The van der Waals surface area contributed by atoms with Crippen molar-refractivity contribution in [2.75, 3.05) is 13.7 Å². The van der Waals surface area contributed by atoms with Gasteiger partial charge in [0.05, 0.1) is 7.11 Å². The second-order valence-corrected chi connectivity index (χ2v) is 6.65. The van der Waals surface area contributed by atoms with Crippen molar-refractivity contribution in [2.45, 2.75) is 19.0 Å². The summed E-state index contributed by atoms with van der Waals surface area (Å²) in [7, 11) is 1.32. The van der Waals surface area contributed by atoms with Crippen LogP contribution in [-0.2, 0) is 22.5 Å². The van der Waals surface area contributed by atoms with Crippen LogP contribution in [0.2, 0.25) is 0 Å². The number of carbonyl (C=O) groups is 2. The van der Waals surface area contributed by atoms with Crippen molar-refractivity contribution in [3.05, 3.63) is 63.9 Å². The van der Waals surface area contributed by atoms with E-state index in [0.717, 1.165) is 21.2 Å². The van der Waals surface area contributed by atoms with E-state index in [1.54, 1.807) is 12.4 Å². The summed E-state index contributed by atoms with van der Waals surface area (Å²) < 4.78 is 5.73. The maximum Gasteiger partial charge on any atom is 0.410 e. The highest BCUT2D eigenvalue weighted by molar-refractivity contribution is 9.10. The molecule has 1 aliphatic rings. The van der Waals surface area contributed by atoms with E-state index in [0.29, 0.717) is 19.5 Å². The van der Waals surface area contributed by atoms with Crippen LogP contribution in [0.15, 0.2) is 47.2 Å². The van der Waals surface area contributed by atoms with Crippen LogP contribution in [0, 0.1) is 0 Å². The molecule has 0 unspecified atom stereocenters. The standard InChI is InChI=1S/C18H18BrN3O3/c1-25-18(24)22-8-6-13-4-5-14(19)9-15(13)16(22)17(23)21-11-12-3-2-7-20-10-12/h2-5,7,9-10,16H,6,8,11H2,1H3,(H,21,23)/t16-/m1/s1. The van der Waals surface area contributed by atoms with E-state index in [1.165, 1.54) is 12.0 Å². The van der Waals surface area contributed by atoms with Crippen molar-refractivity contribution in [1.29, 1.82) is 0 Å². The molecule has 25 heavy (non-hydrogen) atoms. The average molecular weight is 404 g/mol. The Hall–Kier alpha value is -2.41. The highest BCUT2D eigenvalue weighted by atomic mass is 79.9. The summed E-state index contributed by atoms with van der Waals surface area (Å²) in [6.07, 6.45) is 3.56. The van der Waals surface area contributed by atoms with Crippen molar-refractivity contribution >= 4 is 27.9 Å². The number of halogens is 1. The van der Waals surface area contributed by atoms with Crippen LogP contribution in [0.4, 0.5) is 4.79 Å². The van der Waals surface area contributed by atoms with Gasteiger partial charge in [0.25, 0.3) is 0 Å². The largest absolute Gasteiger partial charge is 0.453 e. The third-order valence-corrected chi connectivity index (χ3v) is 4.68. The molecule has 2 aromatic rings. The van der Waals surface area contributed by atoms with Crippen LogP contribution < -0.4 is 5.32 Å². The molecule has 130 valence electrons. The quantitative estimate of drug-likeness (QED) is 0.854. The summed E-state index contributed by atoms with van der Waals surface area (Å²) in [6, 6.07) is 8.79. The summed E-state index contributed by atoms with van der Waals surface area (Å²) in [4.78, 5) is 30.5. The zero-order valence-corrected chi connectivity index (χ0v) is 15.3. The number of fused-ring (bicyclic) bond motifs is 1. The molecule has 0 aliphatic carbocycles. The van der Waals surface area contributed by atoms with Gasteiger partial charge in [0.15, 0.2) is 0 Å². The predicted octanol–water partition coefficient (Wildman–Crippen LogP) is 2.83. The molecule has 0 radical (unpaired) electrons. The lowest BCUT2D eigenvalue weighted by atomic mass is 9.92. The SMILES string of the molecule is COC(=O)N1CCc2ccc(Br)cc2[C@@H]1C(=O)NCc1cccnc1. The van der Waals surface area contributed by atoms with Crippen LogP contribution in [0.1, 0.15) is 22.7 Å². The van der Waals surface area contributed by atoms with Gasteiger partial charge in [0.1, 0.15) is 6.04 Å². The Bertz CT molecular complexity index is 782. The van der Waals surface area contributed by atoms with Gasteiger partial charge in [0.2, 0.25) is 5.91 Å². The van der Waals surface area contributed by atoms with Gasteiger partial charge in [-0.1, -0.05) is 28.1 Å². The number of nitrogens with zero attached hydrogens (tertiary/aromatic N) is 2. The summed E-state index contributed by atoms with van der Waals surface area (Å²) in [6.45, 7) is 0.786. The Morgan fingerprint density at radius 3 is 2.96 bits per heavy atom. The van der Waals surface area contributed by atoms with E-state index < -0.39 is 12.1 Å². The molecule has 0 saturated heterocycles. The second kappa shape index (κ2) is 7.65. The Balaban J connectivity index is 1.87. The van der Waals surface area contributed by atoms with E-state index in [9.17, 15) is 9.59 Å². The van der Waals surface area contributed by atoms with Crippen molar-refractivity contribution < 1.29 is 14.3 Å². The molecular weight excluding hydrogens is 386 g/mol. The van der Waals surface area contributed by atoms with E-state index in [2.05, 4.69) is 26.2 Å². The minimum Gasteiger partial charge on any atom is -0.453 e. The van der Waals surface area contributed by atoms with Gasteiger partial charge >= 0.3 is 6.09 Å². The predicted molar refractivity (Wildman–Crippen MR) is 95.8 cm³/mol. The first kappa shape index (κ1) is 17.4. The maximum absolute atomic E-state index is 12.9. The fraction of sp³-hybridized carbons (Fsp3) is 0.278. The van der Waals surface area contributed by atoms with Crippen LogP contribution >= 0.6 is 15.9 Å². The Morgan fingerprint density at radius 2 is 2.24 bits per heavy atom. The Kier molecular flexibility index (Phi) is 5.33. The van der Waals surface area contributed by atoms with E-state index in [4.69, 9.17) is 4.74 Å². The lowest BCUT2D eigenvalue weighted by Gasteiger charge is -2.35. The molecule has 0 fully saturated rings. The molecule has 1 atom stereocenters. The smallest absolute Gasteiger partial charge is 0.410 e. The maximum atomic E-state index is 12.9. The number of benzene rings is 1. The third kappa shape index (κ3) is 3.82. The van der Waals surface area contributed by atoms with E-state index in [-0.39, 0.29) is 5.91 Å². The minimum atomic E-state index is -0.717. The number of amides is 2. The van der Waals surface area contributed by atoms with Crippen molar-refractivity contribution in [3.8, 4) is 0 Å². The Labute approximate surface area is 154 Å². The number of aromatic nitrogens is 1. The normalized spacial score (nSPS) is 16.1. The topological polar surface area (TPSA) is 71.5 Å².